The Hall–Kier alpha value is -0.508. The molecule has 21 heavy (non-hydrogen) atoms. The molecule has 1 unspecified atom stereocenters. The van der Waals surface area contributed by atoms with Gasteiger partial charge in [-0.2, -0.15) is 0 Å². The first-order valence-electron chi connectivity index (χ1n) is 8.46. The third kappa shape index (κ3) is 5.32. The second-order valence-corrected chi connectivity index (χ2v) is 10.8. The summed E-state index contributed by atoms with van der Waals surface area (Å²) in [6.07, 6.45) is 2.26. The minimum atomic E-state index is -0.881. The zero-order chi connectivity index (χ0) is 16.2. The maximum absolute atomic E-state index is 4.21. The number of benzene rings is 1. The highest BCUT2D eigenvalue weighted by molar-refractivity contribution is 6.61. The van der Waals surface area contributed by atoms with Crippen molar-refractivity contribution in [2.45, 2.75) is 63.8 Å². The molecule has 0 saturated carbocycles. The van der Waals surface area contributed by atoms with Crippen LogP contribution in [0.4, 0.5) is 0 Å². The van der Waals surface area contributed by atoms with Gasteiger partial charge < -0.3 is 0 Å². The molecule has 0 spiro atoms. The fraction of sp³-hybridized carbons (Fsp3) is 0.600. The van der Waals surface area contributed by atoms with Crippen LogP contribution in [-0.2, 0) is 0 Å². The lowest BCUT2D eigenvalue weighted by molar-refractivity contribution is 0.682. The zero-order valence-corrected chi connectivity index (χ0v) is 16.3. The standard InChI is InChI=1S/C12H15.2C4H9.Al/c1-5-6-12-10(3)7-9(2)8-11(12)4;2*1-4(2)3;/h5-8H,1H2,2-4H3;2*4H,1H2,2-3H3;. The van der Waals surface area contributed by atoms with Gasteiger partial charge in [0.1, 0.15) is 0 Å². The average Bonchev–Trinajstić information content (AvgIpc) is 2.31. The third-order valence-electron chi connectivity index (χ3n) is 4.38. The quantitative estimate of drug-likeness (QED) is 0.414. The molecule has 0 fully saturated rings. The molecule has 0 aliphatic heterocycles. The zero-order valence-electron chi connectivity index (χ0n) is 15.2. The molecule has 1 aromatic rings. The maximum Gasteiger partial charge on any atom is 0.277 e. The lowest BCUT2D eigenvalue weighted by Crippen LogP contribution is -2.27. The van der Waals surface area contributed by atoms with Crippen LogP contribution in [0.25, 0.3) is 0 Å². The van der Waals surface area contributed by atoms with Crippen molar-refractivity contribution >= 4 is 14.1 Å². The van der Waals surface area contributed by atoms with E-state index in [-0.39, 0.29) is 0 Å². The van der Waals surface area contributed by atoms with Crippen LogP contribution in [0, 0.1) is 32.6 Å². The van der Waals surface area contributed by atoms with Crippen molar-refractivity contribution < 1.29 is 0 Å². The highest BCUT2D eigenvalue weighted by Crippen LogP contribution is 2.33. The largest absolute Gasteiger partial charge is 0.277 e. The van der Waals surface area contributed by atoms with Crippen molar-refractivity contribution in [1.82, 2.24) is 0 Å². The summed E-state index contributed by atoms with van der Waals surface area (Å²) in [5, 5.41) is 2.84. The smallest absolute Gasteiger partial charge is 0.104 e. The van der Waals surface area contributed by atoms with Crippen molar-refractivity contribution in [2.75, 3.05) is 0 Å². The molecule has 0 radical (unpaired) electrons. The van der Waals surface area contributed by atoms with E-state index in [0.29, 0.717) is 4.78 Å². The minimum absolute atomic E-state index is 0.621. The fourth-order valence-electron chi connectivity index (χ4n) is 3.86. The lowest BCUT2D eigenvalue weighted by Gasteiger charge is -2.27. The first-order chi connectivity index (χ1) is 9.76. The van der Waals surface area contributed by atoms with Gasteiger partial charge in [-0.05, 0) is 42.2 Å². The Kier molecular flexibility index (Phi) is 7.25. The van der Waals surface area contributed by atoms with E-state index in [9.17, 15) is 0 Å². The summed E-state index contributed by atoms with van der Waals surface area (Å²) in [4.78, 5) is 0. The summed E-state index contributed by atoms with van der Waals surface area (Å²) >= 11 is -0.881. The summed E-state index contributed by atoms with van der Waals surface area (Å²) < 4.78 is 0.621. The summed E-state index contributed by atoms with van der Waals surface area (Å²) in [5.74, 6) is 1.60. The van der Waals surface area contributed by atoms with Gasteiger partial charge in [0.15, 0.2) is 0 Å². The Morgan fingerprint density at radius 3 is 1.71 bits per heavy atom. The van der Waals surface area contributed by atoms with Crippen LogP contribution in [0.3, 0.4) is 0 Å². The average molecular weight is 300 g/mol. The predicted octanol–water partition coefficient (Wildman–Crippen LogP) is 6.23. The molecule has 0 amide bonds. The van der Waals surface area contributed by atoms with E-state index in [1.165, 1.54) is 27.3 Å². The molecule has 0 aliphatic carbocycles. The second-order valence-electron chi connectivity index (χ2n) is 7.59. The first kappa shape index (κ1) is 18.5. The number of allylic oxidation sites excluding steroid dienone is 1. The highest BCUT2D eigenvalue weighted by Gasteiger charge is 2.30. The fourth-order valence-corrected chi connectivity index (χ4v) is 8.45. The molecule has 0 aromatic heterocycles. The van der Waals surface area contributed by atoms with Gasteiger partial charge >= 0.3 is 0 Å². The Labute approximate surface area is 137 Å². The van der Waals surface area contributed by atoms with Gasteiger partial charge in [0.2, 0.25) is 0 Å². The molecule has 0 heterocycles. The number of hydrogen-bond acceptors (Lipinski definition) is 0. The van der Waals surface area contributed by atoms with Gasteiger partial charge in [0.05, 0.1) is 0 Å². The Morgan fingerprint density at radius 1 is 0.952 bits per heavy atom. The Balaban J connectivity index is 3.22. The van der Waals surface area contributed by atoms with Crippen molar-refractivity contribution in [3.8, 4) is 0 Å². The van der Waals surface area contributed by atoms with Crippen LogP contribution in [0.15, 0.2) is 24.8 Å². The van der Waals surface area contributed by atoms with E-state index in [2.05, 4.69) is 73.3 Å². The van der Waals surface area contributed by atoms with E-state index >= 15 is 0 Å². The van der Waals surface area contributed by atoms with E-state index < -0.39 is 14.1 Å². The second kappa shape index (κ2) is 8.21. The number of hydrogen-bond donors (Lipinski definition) is 0. The monoisotopic (exact) mass is 300 g/mol. The van der Waals surface area contributed by atoms with E-state index in [1.54, 1.807) is 5.56 Å². The van der Waals surface area contributed by atoms with E-state index in [0.717, 1.165) is 11.8 Å². The Bertz CT molecular complexity index is 438. The van der Waals surface area contributed by atoms with Gasteiger partial charge in [0.25, 0.3) is 14.1 Å². The minimum Gasteiger partial charge on any atom is -0.104 e. The normalized spacial score (nSPS) is 12.8. The van der Waals surface area contributed by atoms with Crippen molar-refractivity contribution in [3.05, 3.63) is 47.0 Å². The van der Waals surface area contributed by atoms with Crippen LogP contribution >= 0.6 is 0 Å². The summed E-state index contributed by atoms with van der Waals surface area (Å²) in [6, 6.07) is 4.68. The van der Waals surface area contributed by atoms with Gasteiger partial charge in [-0.3, -0.25) is 0 Å². The van der Waals surface area contributed by atoms with Crippen molar-refractivity contribution in [2.24, 2.45) is 11.8 Å². The molecule has 116 valence electrons. The van der Waals surface area contributed by atoms with Gasteiger partial charge in [-0.1, -0.05) is 73.9 Å². The number of rotatable bonds is 7. The molecule has 0 nitrogen and oxygen atoms in total. The van der Waals surface area contributed by atoms with Crippen molar-refractivity contribution in [1.29, 1.82) is 0 Å². The van der Waals surface area contributed by atoms with Crippen LogP contribution in [0.1, 0.15) is 54.7 Å². The summed E-state index contributed by atoms with van der Waals surface area (Å²) in [5.41, 5.74) is 5.88. The topological polar surface area (TPSA) is 0 Å². The molecule has 0 saturated heterocycles. The molecular formula is C20H33Al. The van der Waals surface area contributed by atoms with E-state index in [1.807, 2.05) is 0 Å². The third-order valence-corrected chi connectivity index (χ3v) is 9.10. The highest BCUT2D eigenvalue weighted by atomic mass is 27.2. The molecular weight excluding hydrogens is 267 g/mol. The first-order valence-corrected chi connectivity index (χ1v) is 10.8. The van der Waals surface area contributed by atoms with E-state index in [4.69, 9.17) is 0 Å². The number of aryl methyl sites for hydroxylation is 3. The molecule has 1 rings (SSSR count). The van der Waals surface area contributed by atoms with Gasteiger partial charge in [0, 0.05) is 0 Å². The SMILES string of the molecule is C=C[CH](c1c(C)cc(C)cc1C)[Al]([CH2]C(C)C)[CH2]C(C)C. The summed E-state index contributed by atoms with van der Waals surface area (Å²) in [6.45, 7) is 20.5. The predicted molar refractivity (Wildman–Crippen MR) is 98.6 cm³/mol. The molecule has 0 bridgehead atoms. The lowest BCUT2D eigenvalue weighted by atomic mass is 9.97. The van der Waals surface area contributed by atoms with Crippen molar-refractivity contribution in [3.63, 3.8) is 0 Å². The van der Waals surface area contributed by atoms with Crippen LogP contribution in [0.5, 0.6) is 0 Å². The maximum atomic E-state index is 4.21. The van der Waals surface area contributed by atoms with Gasteiger partial charge in [-0.15, -0.1) is 6.58 Å². The van der Waals surface area contributed by atoms with Crippen LogP contribution in [-0.4, -0.2) is 14.1 Å². The molecule has 1 heteroatoms. The van der Waals surface area contributed by atoms with Gasteiger partial charge in [-0.25, -0.2) is 0 Å². The molecule has 0 aliphatic rings. The molecule has 0 N–H and O–H groups in total. The van der Waals surface area contributed by atoms with Crippen LogP contribution in [0.2, 0.25) is 10.6 Å². The van der Waals surface area contributed by atoms with Crippen LogP contribution < -0.4 is 0 Å². The molecule has 1 atom stereocenters. The Morgan fingerprint density at radius 2 is 1.38 bits per heavy atom. The molecule has 1 aromatic carbocycles. The summed E-state index contributed by atoms with van der Waals surface area (Å²) in [7, 11) is 0.